The van der Waals surface area contributed by atoms with E-state index in [1.165, 1.54) is 14.0 Å². The second-order valence-electron chi connectivity index (χ2n) is 19.7. The molecule has 8 N–H and O–H groups in total. The highest BCUT2D eigenvalue weighted by Gasteiger charge is 2.57. The zero-order valence-electron chi connectivity index (χ0n) is 41.1. The van der Waals surface area contributed by atoms with E-state index in [1.807, 2.05) is 6.92 Å². The van der Waals surface area contributed by atoms with Gasteiger partial charge in [-0.1, -0.05) is 34.6 Å². The second-order valence-corrected chi connectivity index (χ2v) is 21.8. The Morgan fingerprint density at radius 1 is 0.329 bits per heavy atom. The summed E-state index contributed by atoms with van der Waals surface area (Å²) in [4.78, 5) is 0. The Morgan fingerprint density at radius 2 is 0.643 bits per heavy atom. The Hall–Kier alpha value is -0.980. The average molecular weight is 1060 g/mol. The van der Waals surface area contributed by atoms with E-state index in [2.05, 4.69) is 0 Å². The lowest BCUT2D eigenvalue weighted by Crippen LogP contribution is -2.66. The van der Waals surface area contributed by atoms with E-state index in [-0.39, 0.29) is 5.92 Å². The van der Waals surface area contributed by atoms with Gasteiger partial charge in [0.15, 0.2) is 49.9 Å². The normalized spacial score (nSPS) is 52.1. The van der Waals surface area contributed by atoms with Gasteiger partial charge in [-0.05, 0) is 41.5 Å². The molecule has 0 aromatic heterocycles. The number of rotatable bonds is 15. The van der Waals surface area contributed by atoms with Gasteiger partial charge in [0, 0.05) is 36.7 Å². The van der Waals surface area contributed by atoms with Crippen LogP contribution in [-0.2, 0) is 86.0 Å². The van der Waals surface area contributed by atoms with Gasteiger partial charge < -0.3 is 87.5 Å². The van der Waals surface area contributed by atoms with Crippen molar-refractivity contribution in [2.24, 2.45) is 29.6 Å². The molecule has 6 aliphatic rings. The maximum Gasteiger partial charge on any atom is 0.397 e. The van der Waals surface area contributed by atoms with Crippen molar-refractivity contribution in [2.75, 3.05) is 7.11 Å². The number of hydrogen-bond donors (Lipinski definition) is 8. The van der Waals surface area contributed by atoms with Crippen molar-refractivity contribution < 1.29 is 122 Å². The van der Waals surface area contributed by atoms with Crippen LogP contribution >= 0.6 is 0 Å². The molecule has 0 aliphatic carbocycles. The molecule has 70 heavy (non-hydrogen) atoms. The molecule has 26 nitrogen and oxygen atoms in total. The van der Waals surface area contributed by atoms with E-state index in [4.69, 9.17) is 65.2 Å². The summed E-state index contributed by atoms with van der Waals surface area (Å²) in [7, 11) is -9.05. The van der Waals surface area contributed by atoms with Gasteiger partial charge in [-0.15, -0.1) is 0 Å². The minimum absolute atomic E-state index is 0.264. The van der Waals surface area contributed by atoms with E-state index in [0.717, 1.165) is 0 Å². The lowest BCUT2D eigenvalue weighted by Gasteiger charge is -2.52. The smallest absolute Gasteiger partial charge is 0.388 e. The van der Waals surface area contributed by atoms with Crippen molar-refractivity contribution in [2.45, 2.75) is 230 Å². The Balaban J connectivity index is 1.32. The standard InChI is InChI=1S/C42H74O26S2/c1-13-19(7)57-39(27(46)29(13)55-12)64-33-17(5)22(10)60-42(36(33)68-70(52,53)54)62-30-14(2)20(8)58-40(28(30)47)63-32-16(4)21(9)59-41(35(32)66-38-26(45)25(44)24(43)23(11)61-38)65-31-15(3)18(6)56-37(48)34(31)67-69(49,50)51/h13-48H,1-12H3,(H,49,50,51)(H,52,53,54)/t13-,14-,15-,16-,17-,18?,19?,20?,21?,22?,23?,24-,25?,26?,27?,28?,29+,30+,31+,32+,33+,34?,35?,36?,37-,38+,39+,40+,41+,42+/m1/s1. The minimum Gasteiger partial charge on any atom is -0.388 e. The summed E-state index contributed by atoms with van der Waals surface area (Å²) in [6, 6.07) is 0. The van der Waals surface area contributed by atoms with Crippen molar-refractivity contribution in [3.05, 3.63) is 0 Å². The van der Waals surface area contributed by atoms with Crippen LogP contribution in [0.25, 0.3) is 0 Å². The third kappa shape index (κ3) is 12.8. The molecule has 0 aromatic rings. The molecule has 0 spiro atoms. The molecule has 0 bridgehead atoms. The highest BCUT2D eigenvalue weighted by Crippen LogP contribution is 2.42. The van der Waals surface area contributed by atoms with Gasteiger partial charge in [-0.2, -0.15) is 16.8 Å². The van der Waals surface area contributed by atoms with Crippen molar-refractivity contribution in [3.63, 3.8) is 0 Å². The Morgan fingerprint density at radius 3 is 1.13 bits per heavy atom. The predicted molar refractivity (Wildman–Crippen MR) is 232 cm³/mol. The molecule has 0 aromatic carbocycles. The molecule has 6 saturated heterocycles. The van der Waals surface area contributed by atoms with Crippen molar-refractivity contribution >= 4 is 20.8 Å². The molecule has 28 heteroatoms. The zero-order valence-corrected chi connectivity index (χ0v) is 42.7. The maximum atomic E-state index is 12.5. The summed E-state index contributed by atoms with van der Waals surface area (Å²) >= 11 is 0. The van der Waals surface area contributed by atoms with Gasteiger partial charge >= 0.3 is 20.8 Å². The molecule has 6 rings (SSSR count). The van der Waals surface area contributed by atoms with E-state index >= 15 is 0 Å². The van der Waals surface area contributed by atoms with Crippen LogP contribution in [0.15, 0.2) is 0 Å². The first-order valence-corrected chi connectivity index (χ1v) is 26.3. The van der Waals surface area contributed by atoms with Crippen LogP contribution < -0.4 is 0 Å². The van der Waals surface area contributed by atoms with Crippen LogP contribution in [0.2, 0.25) is 0 Å². The van der Waals surface area contributed by atoms with Crippen LogP contribution in [0.4, 0.5) is 0 Å². The Labute approximate surface area is 408 Å². The van der Waals surface area contributed by atoms with E-state index < -0.39 is 198 Å². The van der Waals surface area contributed by atoms with Crippen molar-refractivity contribution in [1.82, 2.24) is 0 Å². The van der Waals surface area contributed by atoms with E-state index in [9.17, 15) is 56.6 Å². The summed E-state index contributed by atoms with van der Waals surface area (Å²) in [5, 5.41) is 66.7. The Kier molecular flexibility index (Phi) is 19.2. The lowest BCUT2D eigenvalue weighted by molar-refractivity contribution is -0.397. The van der Waals surface area contributed by atoms with Gasteiger partial charge in [0.05, 0.1) is 67.1 Å². The number of ether oxygens (including phenoxy) is 12. The van der Waals surface area contributed by atoms with Gasteiger partial charge in [-0.3, -0.25) is 9.11 Å². The van der Waals surface area contributed by atoms with Crippen LogP contribution in [0.5, 0.6) is 0 Å². The molecular weight excluding hydrogens is 985 g/mol. The quantitative estimate of drug-likeness (QED) is 0.0888. The second kappa shape index (κ2) is 23.1. The van der Waals surface area contributed by atoms with Gasteiger partial charge in [-0.25, -0.2) is 8.37 Å². The van der Waals surface area contributed by atoms with Crippen LogP contribution in [0.1, 0.15) is 76.2 Å². The lowest BCUT2D eigenvalue weighted by atomic mass is 9.88. The topological polar surface area (TPSA) is 359 Å². The van der Waals surface area contributed by atoms with Crippen molar-refractivity contribution in [3.8, 4) is 0 Å². The number of aliphatic hydroxyl groups excluding tert-OH is 6. The highest BCUT2D eigenvalue weighted by molar-refractivity contribution is 7.81. The van der Waals surface area contributed by atoms with Crippen molar-refractivity contribution in [1.29, 1.82) is 0 Å². The fraction of sp³-hybridized carbons (Fsp3) is 1.00. The molecule has 13 unspecified atom stereocenters. The molecule has 6 fully saturated rings. The molecule has 410 valence electrons. The first-order valence-electron chi connectivity index (χ1n) is 23.6. The SMILES string of the molecule is CO[C@@H]1C(O)[C@H](O[C@@H]2C(OS(=O)(=O)O)[C@H](O[C@@H]3C(O)[C@H](O[C@@H]4C(O[C@@H]5OC(C)[C@@H](O)C(O)C5O)[C@H](O[C@@H]5C(OS(=O)(=O)O)[C@H](O)OC(C)[C@H]5C)OC(C)[C@H]4C)OC(C)[C@H]3C)OC(C)[C@H]2C)OC(C)[C@H]1C. The molecule has 6 aliphatic heterocycles. The predicted octanol–water partition coefficient (Wildman–Crippen LogP) is -1.25. The zero-order chi connectivity index (χ0) is 52.2. The van der Waals surface area contributed by atoms with Gasteiger partial charge in [0.25, 0.3) is 0 Å². The summed E-state index contributed by atoms with van der Waals surface area (Å²) in [5.74, 6) is -3.14. The van der Waals surface area contributed by atoms with Crippen LogP contribution in [0, 0.1) is 29.6 Å². The first kappa shape index (κ1) is 58.3. The fourth-order valence-electron chi connectivity index (χ4n) is 9.85. The average Bonchev–Trinajstić information content (AvgIpc) is 3.26. The molecule has 0 amide bonds. The number of methoxy groups -OCH3 is 1. The van der Waals surface area contributed by atoms with E-state index in [0.29, 0.717) is 0 Å². The largest absolute Gasteiger partial charge is 0.397 e. The highest BCUT2D eigenvalue weighted by atomic mass is 32.3. The van der Waals surface area contributed by atoms with E-state index in [1.54, 1.807) is 62.3 Å². The third-order valence-corrected chi connectivity index (χ3v) is 16.0. The monoisotopic (exact) mass is 1060 g/mol. The first-order chi connectivity index (χ1) is 32.4. The molecule has 0 radical (unpaired) electrons. The molecular formula is C42H74O26S2. The third-order valence-electron chi connectivity index (χ3n) is 15.1. The molecule has 30 atom stereocenters. The number of hydrogen-bond acceptors (Lipinski definition) is 24. The summed E-state index contributed by atoms with van der Waals surface area (Å²) in [6.45, 7) is 18.1. The van der Waals surface area contributed by atoms with Crippen LogP contribution in [-0.4, -0.2) is 217 Å². The maximum absolute atomic E-state index is 12.5. The van der Waals surface area contributed by atoms with Crippen LogP contribution in [0.3, 0.4) is 0 Å². The summed E-state index contributed by atoms with van der Waals surface area (Å²) in [5.41, 5.74) is 0. The fourth-order valence-corrected chi connectivity index (χ4v) is 10.8. The minimum atomic E-state index is -5.26. The Bertz CT molecular complexity index is 1920. The summed E-state index contributed by atoms with van der Waals surface area (Å²) < 4.78 is 152. The molecule has 6 heterocycles. The van der Waals surface area contributed by atoms with Gasteiger partial charge in [0.2, 0.25) is 0 Å². The summed E-state index contributed by atoms with van der Waals surface area (Å²) in [6.07, 6.45) is -34.2. The molecule has 0 saturated carbocycles. The van der Waals surface area contributed by atoms with Gasteiger partial charge in [0.1, 0.15) is 36.6 Å². The number of aliphatic hydroxyl groups is 6.